The number of nitrogens with zero attached hydrogens (tertiary/aromatic N) is 2. The molecule has 0 saturated heterocycles. The maximum atomic E-state index is 12.5. The van der Waals surface area contributed by atoms with Gasteiger partial charge in [-0.05, 0) is 40.8 Å². The number of amides is 2. The maximum absolute atomic E-state index is 12.5. The highest BCUT2D eigenvalue weighted by Crippen LogP contribution is 2.32. The molecule has 2 heterocycles. The van der Waals surface area contributed by atoms with Gasteiger partial charge in [-0.1, -0.05) is 62.1 Å². The van der Waals surface area contributed by atoms with Crippen LogP contribution in [0.3, 0.4) is 0 Å². The first kappa shape index (κ1) is 23.1. The number of ether oxygens (including phenoxy) is 2. The topological polar surface area (TPSA) is 102 Å². The molecule has 0 spiro atoms. The Balaban J connectivity index is 1.23. The molecule has 4 rings (SSSR count). The minimum absolute atomic E-state index is 0.0249. The fourth-order valence-electron chi connectivity index (χ4n) is 3.04. The smallest absolute Gasteiger partial charge is 0.257 e. The minimum Gasteiger partial charge on any atom is -0.454 e. The predicted molar refractivity (Wildman–Crippen MR) is 128 cm³/mol. The first-order valence-corrected chi connectivity index (χ1v) is 12.1. The molecule has 2 aromatic carbocycles. The van der Waals surface area contributed by atoms with Crippen LogP contribution in [0.25, 0.3) is 0 Å². The van der Waals surface area contributed by atoms with Crippen molar-refractivity contribution in [3.05, 3.63) is 59.2 Å². The van der Waals surface area contributed by atoms with Crippen LogP contribution >= 0.6 is 23.1 Å². The third kappa shape index (κ3) is 6.02. The van der Waals surface area contributed by atoms with Gasteiger partial charge in [0.2, 0.25) is 17.8 Å². The molecule has 10 heteroatoms. The zero-order chi connectivity index (χ0) is 23.4. The number of nitrogens with one attached hydrogen (secondary N) is 2. The Morgan fingerprint density at radius 3 is 2.58 bits per heavy atom. The summed E-state index contributed by atoms with van der Waals surface area (Å²) >= 11 is 2.50. The van der Waals surface area contributed by atoms with Crippen LogP contribution in [-0.2, 0) is 16.8 Å². The van der Waals surface area contributed by atoms with Gasteiger partial charge in [-0.3, -0.25) is 14.9 Å². The molecule has 0 bridgehead atoms. The molecule has 3 aromatic rings. The number of fused-ring (bicyclic) bond motifs is 1. The summed E-state index contributed by atoms with van der Waals surface area (Å²) in [4.78, 5) is 24.7. The molecule has 1 aromatic heterocycles. The Morgan fingerprint density at radius 1 is 1.06 bits per heavy atom. The van der Waals surface area contributed by atoms with Crippen LogP contribution in [0, 0.1) is 0 Å². The third-order valence-corrected chi connectivity index (χ3v) is 6.87. The molecule has 0 radical (unpaired) electrons. The fourth-order valence-corrected chi connectivity index (χ4v) is 4.62. The molecule has 8 nitrogen and oxygen atoms in total. The van der Waals surface area contributed by atoms with Gasteiger partial charge in [0.15, 0.2) is 15.8 Å². The summed E-state index contributed by atoms with van der Waals surface area (Å²) < 4.78 is 11.2. The van der Waals surface area contributed by atoms with Gasteiger partial charge in [-0.25, -0.2) is 0 Å². The lowest BCUT2D eigenvalue weighted by Gasteiger charge is -2.18. The van der Waals surface area contributed by atoms with Crippen LogP contribution in [0.1, 0.15) is 42.3 Å². The van der Waals surface area contributed by atoms with E-state index in [0.29, 0.717) is 33.1 Å². The van der Waals surface area contributed by atoms with E-state index in [1.807, 2.05) is 30.3 Å². The summed E-state index contributed by atoms with van der Waals surface area (Å²) in [5.74, 6) is 1.22. The molecular formula is C23H24N4O4S2. The second-order valence-electron chi connectivity index (χ2n) is 8.41. The van der Waals surface area contributed by atoms with Crippen LogP contribution < -0.4 is 20.1 Å². The number of aromatic nitrogens is 2. The van der Waals surface area contributed by atoms with Gasteiger partial charge in [0.1, 0.15) is 0 Å². The second-order valence-corrected chi connectivity index (χ2v) is 10.6. The monoisotopic (exact) mass is 484 g/mol. The van der Waals surface area contributed by atoms with E-state index in [1.165, 1.54) is 23.1 Å². The zero-order valence-corrected chi connectivity index (χ0v) is 20.1. The molecule has 0 aliphatic carbocycles. The summed E-state index contributed by atoms with van der Waals surface area (Å²) in [6, 6.07) is 13.1. The summed E-state index contributed by atoms with van der Waals surface area (Å²) in [5, 5.41) is 14.1. The van der Waals surface area contributed by atoms with Crippen molar-refractivity contribution in [2.75, 3.05) is 17.9 Å². The van der Waals surface area contributed by atoms with Crippen molar-refractivity contribution in [1.82, 2.24) is 15.5 Å². The first-order valence-electron chi connectivity index (χ1n) is 10.3. The molecule has 1 aliphatic rings. The molecule has 0 unspecified atom stereocenters. The lowest BCUT2D eigenvalue weighted by molar-refractivity contribution is -0.118. The van der Waals surface area contributed by atoms with E-state index in [0.717, 1.165) is 11.1 Å². The Bertz CT molecular complexity index is 1160. The van der Waals surface area contributed by atoms with Crippen molar-refractivity contribution in [3.63, 3.8) is 0 Å². The Labute approximate surface area is 200 Å². The van der Waals surface area contributed by atoms with E-state index < -0.39 is 0 Å². The molecular weight excluding hydrogens is 460 g/mol. The van der Waals surface area contributed by atoms with E-state index in [-0.39, 0.29) is 29.8 Å². The molecule has 1 aliphatic heterocycles. The Hall–Kier alpha value is -3.11. The van der Waals surface area contributed by atoms with Crippen LogP contribution in [-0.4, -0.2) is 34.6 Å². The van der Waals surface area contributed by atoms with Crippen molar-refractivity contribution in [2.45, 2.75) is 37.1 Å². The second kappa shape index (κ2) is 9.80. The Kier molecular flexibility index (Phi) is 6.85. The molecule has 2 N–H and O–H groups in total. The number of hydrogen-bond donors (Lipinski definition) is 2. The summed E-state index contributed by atoms with van der Waals surface area (Å²) in [6.07, 6.45) is 0. The van der Waals surface area contributed by atoms with E-state index in [1.54, 1.807) is 12.1 Å². The van der Waals surface area contributed by atoms with Gasteiger partial charge < -0.3 is 14.8 Å². The molecule has 172 valence electrons. The van der Waals surface area contributed by atoms with E-state index >= 15 is 0 Å². The van der Waals surface area contributed by atoms with Gasteiger partial charge in [-0.15, -0.1) is 10.2 Å². The van der Waals surface area contributed by atoms with Crippen molar-refractivity contribution in [2.24, 2.45) is 0 Å². The molecule has 0 fully saturated rings. The zero-order valence-electron chi connectivity index (χ0n) is 18.5. The first-order chi connectivity index (χ1) is 15.8. The highest BCUT2D eigenvalue weighted by Gasteiger charge is 2.16. The summed E-state index contributed by atoms with van der Waals surface area (Å²) in [5.41, 5.74) is 2.66. The van der Waals surface area contributed by atoms with E-state index in [4.69, 9.17) is 9.47 Å². The van der Waals surface area contributed by atoms with Crippen LogP contribution in [0.15, 0.2) is 46.8 Å². The van der Waals surface area contributed by atoms with E-state index in [2.05, 4.69) is 41.6 Å². The highest BCUT2D eigenvalue weighted by atomic mass is 32.2. The molecule has 2 amide bonds. The van der Waals surface area contributed by atoms with Gasteiger partial charge in [0.25, 0.3) is 5.91 Å². The largest absolute Gasteiger partial charge is 0.454 e. The van der Waals surface area contributed by atoms with Crippen LogP contribution in [0.2, 0.25) is 0 Å². The SMILES string of the molecule is CC(C)(C)c1ccc(C(=O)Nc2nnc(SCC(=O)NCc3ccc4c(c3)OCO4)s2)cc1. The lowest BCUT2D eigenvalue weighted by Crippen LogP contribution is -2.24. The Morgan fingerprint density at radius 2 is 1.82 bits per heavy atom. The number of carbonyl (C=O) groups excluding carboxylic acids is 2. The van der Waals surface area contributed by atoms with Gasteiger partial charge >= 0.3 is 0 Å². The van der Waals surface area contributed by atoms with Gasteiger partial charge in [0.05, 0.1) is 5.75 Å². The average molecular weight is 485 g/mol. The van der Waals surface area contributed by atoms with Crippen LogP contribution in [0.5, 0.6) is 11.5 Å². The predicted octanol–water partition coefficient (Wildman–Crippen LogP) is 4.23. The number of thioether (sulfide) groups is 1. The van der Waals surface area contributed by atoms with Gasteiger partial charge in [0, 0.05) is 12.1 Å². The number of carbonyl (C=O) groups is 2. The summed E-state index contributed by atoms with van der Waals surface area (Å²) in [7, 11) is 0. The number of rotatable bonds is 7. The normalized spacial score (nSPS) is 12.5. The molecule has 0 saturated carbocycles. The van der Waals surface area contributed by atoms with Crippen molar-refractivity contribution in [1.29, 1.82) is 0 Å². The minimum atomic E-state index is -0.246. The average Bonchev–Trinajstić information content (AvgIpc) is 3.44. The van der Waals surface area contributed by atoms with Crippen molar-refractivity contribution < 1.29 is 19.1 Å². The highest BCUT2D eigenvalue weighted by molar-refractivity contribution is 8.01. The number of hydrogen-bond acceptors (Lipinski definition) is 8. The molecule has 0 atom stereocenters. The summed E-state index contributed by atoms with van der Waals surface area (Å²) in [6.45, 7) is 6.98. The van der Waals surface area contributed by atoms with Crippen LogP contribution in [0.4, 0.5) is 5.13 Å². The fraction of sp³-hybridized carbons (Fsp3) is 0.304. The quantitative estimate of drug-likeness (QED) is 0.382. The standard InChI is InChI=1S/C23H24N4O4S2/c1-23(2,3)16-7-5-15(6-8-16)20(29)25-21-26-27-22(33-21)32-12-19(28)24-11-14-4-9-17-18(10-14)31-13-30-17/h4-10H,11-13H2,1-3H3,(H,24,28)(H,25,26,29). The van der Waals surface area contributed by atoms with Gasteiger partial charge in [-0.2, -0.15) is 0 Å². The van der Waals surface area contributed by atoms with E-state index in [9.17, 15) is 9.59 Å². The molecule has 33 heavy (non-hydrogen) atoms. The van der Waals surface area contributed by atoms with Crippen molar-refractivity contribution >= 4 is 40.0 Å². The number of benzene rings is 2. The third-order valence-electron chi connectivity index (χ3n) is 4.89. The maximum Gasteiger partial charge on any atom is 0.257 e. The van der Waals surface area contributed by atoms with Crippen molar-refractivity contribution in [3.8, 4) is 11.5 Å². The lowest BCUT2D eigenvalue weighted by atomic mass is 9.87. The number of anilines is 1.